The third kappa shape index (κ3) is 4.21. The Morgan fingerprint density at radius 2 is 2.25 bits per heavy atom. The molecule has 0 aliphatic carbocycles. The van der Waals surface area contributed by atoms with Crippen molar-refractivity contribution in [1.29, 1.82) is 0 Å². The lowest BCUT2D eigenvalue weighted by Gasteiger charge is -2.14. The van der Waals surface area contributed by atoms with E-state index in [9.17, 15) is 4.79 Å². The number of hydrogen-bond acceptors (Lipinski definition) is 2. The zero-order valence-electron chi connectivity index (χ0n) is 9.59. The molecule has 16 heavy (non-hydrogen) atoms. The average Bonchev–Trinajstić information content (AvgIpc) is 2.28. The van der Waals surface area contributed by atoms with Gasteiger partial charge >= 0.3 is 0 Å². The van der Waals surface area contributed by atoms with E-state index in [4.69, 9.17) is 11.6 Å². The molecule has 0 aliphatic heterocycles. The first-order valence-corrected chi connectivity index (χ1v) is 5.70. The van der Waals surface area contributed by atoms with Gasteiger partial charge in [-0.2, -0.15) is 0 Å². The fourth-order valence-electron chi connectivity index (χ4n) is 1.42. The van der Waals surface area contributed by atoms with Crippen molar-refractivity contribution in [3.8, 4) is 0 Å². The van der Waals surface area contributed by atoms with Crippen molar-refractivity contribution in [2.24, 2.45) is 0 Å². The Hall–Kier alpha value is -1.06. The van der Waals surface area contributed by atoms with Crippen molar-refractivity contribution >= 4 is 17.5 Å². The summed E-state index contributed by atoms with van der Waals surface area (Å²) in [6.07, 6.45) is 0.488. The molecule has 0 radical (unpaired) electrons. The molecule has 1 rings (SSSR count). The van der Waals surface area contributed by atoms with E-state index in [2.05, 4.69) is 17.6 Å². The summed E-state index contributed by atoms with van der Waals surface area (Å²) in [7, 11) is 1.64. The summed E-state index contributed by atoms with van der Waals surface area (Å²) in [5.41, 5.74) is 1.13. The molecule has 0 saturated heterocycles. The van der Waals surface area contributed by atoms with Crippen molar-refractivity contribution in [2.75, 3.05) is 13.6 Å². The predicted molar refractivity (Wildman–Crippen MR) is 66.6 cm³/mol. The molecule has 88 valence electrons. The lowest BCUT2D eigenvalue weighted by molar-refractivity contribution is -0.120. The highest BCUT2D eigenvalue weighted by Crippen LogP contribution is 2.16. The zero-order valence-corrected chi connectivity index (χ0v) is 10.3. The second-order valence-corrected chi connectivity index (χ2v) is 4.09. The molecule has 3 nitrogen and oxygen atoms in total. The molecule has 1 aromatic carbocycles. The molecule has 1 aromatic rings. The topological polar surface area (TPSA) is 41.1 Å². The van der Waals surface area contributed by atoms with Crippen molar-refractivity contribution < 1.29 is 4.79 Å². The van der Waals surface area contributed by atoms with E-state index in [0.29, 0.717) is 13.0 Å². The van der Waals surface area contributed by atoms with Crippen molar-refractivity contribution in [1.82, 2.24) is 10.6 Å². The standard InChI is InChI=1S/C12H17ClN2O/c1-9(15-7-6-12(16)14-2)10-4-3-5-11(13)8-10/h3-5,8-9,15H,6-7H2,1-2H3,(H,14,16)/t9-/m1/s1. The largest absolute Gasteiger partial charge is 0.359 e. The summed E-state index contributed by atoms with van der Waals surface area (Å²) in [6.45, 7) is 2.71. The third-order valence-corrected chi connectivity index (χ3v) is 2.67. The fraction of sp³-hybridized carbons (Fsp3) is 0.417. The smallest absolute Gasteiger partial charge is 0.221 e. The highest BCUT2D eigenvalue weighted by molar-refractivity contribution is 6.30. The normalized spacial score (nSPS) is 12.2. The molecule has 0 saturated carbocycles. The maximum atomic E-state index is 11.0. The van der Waals surface area contributed by atoms with E-state index in [-0.39, 0.29) is 11.9 Å². The summed E-state index contributed by atoms with van der Waals surface area (Å²) in [6, 6.07) is 7.92. The van der Waals surface area contributed by atoms with Crippen molar-refractivity contribution in [3.63, 3.8) is 0 Å². The summed E-state index contributed by atoms with van der Waals surface area (Å²) in [4.78, 5) is 11.0. The Morgan fingerprint density at radius 1 is 1.50 bits per heavy atom. The number of halogens is 1. The Kier molecular flexibility index (Phi) is 5.29. The van der Waals surface area contributed by atoms with E-state index in [1.54, 1.807) is 7.05 Å². The van der Waals surface area contributed by atoms with Crippen LogP contribution < -0.4 is 10.6 Å². The van der Waals surface area contributed by atoms with Crippen LogP contribution in [0.1, 0.15) is 24.9 Å². The van der Waals surface area contributed by atoms with Crippen LogP contribution in [-0.4, -0.2) is 19.5 Å². The summed E-state index contributed by atoms with van der Waals surface area (Å²) < 4.78 is 0. The molecule has 1 amide bonds. The second kappa shape index (κ2) is 6.51. The Bertz CT molecular complexity index is 355. The maximum absolute atomic E-state index is 11.0. The number of amides is 1. The van der Waals surface area contributed by atoms with Gasteiger partial charge < -0.3 is 10.6 Å². The lowest BCUT2D eigenvalue weighted by atomic mass is 10.1. The second-order valence-electron chi connectivity index (χ2n) is 3.65. The predicted octanol–water partition coefficient (Wildman–Crippen LogP) is 2.13. The van der Waals surface area contributed by atoms with Crippen LogP contribution in [-0.2, 0) is 4.79 Å². The molecule has 0 heterocycles. The number of carbonyl (C=O) groups excluding carboxylic acids is 1. The molecule has 4 heteroatoms. The summed E-state index contributed by atoms with van der Waals surface area (Å²) >= 11 is 5.90. The number of rotatable bonds is 5. The van der Waals surface area contributed by atoms with Gasteiger partial charge in [0.15, 0.2) is 0 Å². The fourth-order valence-corrected chi connectivity index (χ4v) is 1.62. The van der Waals surface area contributed by atoms with Crippen LogP contribution in [0.3, 0.4) is 0 Å². The Morgan fingerprint density at radius 3 is 2.88 bits per heavy atom. The van der Waals surface area contributed by atoms with Gasteiger partial charge in [0.05, 0.1) is 0 Å². The highest BCUT2D eigenvalue weighted by Gasteiger charge is 2.05. The van der Waals surface area contributed by atoms with E-state index in [0.717, 1.165) is 10.6 Å². The van der Waals surface area contributed by atoms with Crippen LogP contribution in [0.5, 0.6) is 0 Å². The van der Waals surface area contributed by atoms with Crippen LogP contribution in [0, 0.1) is 0 Å². The van der Waals surface area contributed by atoms with Crippen LogP contribution in [0.2, 0.25) is 5.02 Å². The van der Waals surface area contributed by atoms with Gasteiger partial charge in [-0.3, -0.25) is 4.79 Å². The van der Waals surface area contributed by atoms with Crippen molar-refractivity contribution in [3.05, 3.63) is 34.9 Å². The third-order valence-electron chi connectivity index (χ3n) is 2.43. The highest BCUT2D eigenvalue weighted by atomic mass is 35.5. The van der Waals surface area contributed by atoms with Gasteiger partial charge in [-0.1, -0.05) is 23.7 Å². The molecule has 0 spiro atoms. The number of benzene rings is 1. The Balaban J connectivity index is 2.40. The van der Waals surface area contributed by atoms with Gasteiger partial charge in [0.1, 0.15) is 0 Å². The monoisotopic (exact) mass is 240 g/mol. The number of carbonyl (C=O) groups is 1. The molecule has 2 N–H and O–H groups in total. The van der Waals surface area contributed by atoms with Gasteiger partial charge in [0.2, 0.25) is 5.91 Å². The number of hydrogen-bond donors (Lipinski definition) is 2. The molecule has 0 aliphatic rings. The first kappa shape index (κ1) is 13.0. The quantitative estimate of drug-likeness (QED) is 0.828. The van der Waals surface area contributed by atoms with E-state index in [1.165, 1.54) is 0 Å². The summed E-state index contributed by atoms with van der Waals surface area (Å²) in [5, 5.41) is 6.59. The van der Waals surface area contributed by atoms with Crippen LogP contribution >= 0.6 is 11.6 Å². The molecule has 1 atom stereocenters. The first-order valence-electron chi connectivity index (χ1n) is 5.33. The van der Waals surface area contributed by atoms with Gasteiger partial charge in [-0.15, -0.1) is 0 Å². The van der Waals surface area contributed by atoms with E-state index >= 15 is 0 Å². The molecule has 0 bridgehead atoms. The van der Waals surface area contributed by atoms with Gasteiger partial charge in [-0.25, -0.2) is 0 Å². The minimum absolute atomic E-state index is 0.0470. The first-order chi connectivity index (χ1) is 7.63. The molecule has 0 unspecified atom stereocenters. The van der Waals surface area contributed by atoms with Gasteiger partial charge in [0.25, 0.3) is 0 Å². The van der Waals surface area contributed by atoms with E-state index in [1.807, 2.05) is 24.3 Å². The molecule has 0 fully saturated rings. The van der Waals surface area contributed by atoms with Crippen LogP contribution in [0.4, 0.5) is 0 Å². The Labute approximate surface area is 101 Å². The summed E-state index contributed by atoms with van der Waals surface area (Å²) in [5.74, 6) is 0.0470. The average molecular weight is 241 g/mol. The lowest BCUT2D eigenvalue weighted by Crippen LogP contribution is -2.26. The maximum Gasteiger partial charge on any atom is 0.221 e. The van der Waals surface area contributed by atoms with Crippen molar-refractivity contribution in [2.45, 2.75) is 19.4 Å². The van der Waals surface area contributed by atoms with Crippen LogP contribution in [0.25, 0.3) is 0 Å². The molecule has 0 aromatic heterocycles. The number of nitrogens with one attached hydrogen (secondary N) is 2. The molecular formula is C12H17ClN2O. The SMILES string of the molecule is CNC(=O)CCN[C@H](C)c1cccc(Cl)c1. The minimum atomic E-state index is 0.0470. The minimum Gasteiger partial charge on any atom is -0.359 e. The van der Waals surface area contributed by atoms with Gasteiger partial charge in [-0.05, 0) is 24.6 Å². The van der Waals surface area contributed by atoms with E-state index < -0.39 is 0 Å². The van der Waals surface area contributed by atoms with Crippen LogP contribution in [0.15, 0.2) is 24.3 Å². The molecular weight excluding hydrogens is 224 g/mol. The zero-order chi connectivity index (χ0) is 12.0. The van der Waals surface area contributed by atoms with Gasteiger partial charge in [0, 0.05) is 31.1 Å².